The molecule has 0 aliphatic rings. The number of hydrogen-bond donors (Lipinski definition) is 0. The Morgan fingerprint density at radius 3 is 2.92 bits per heavy atom. The van der Waals surface area contributed by atoms with Crippen LogP contribution in [0, 0.1) is 21.4 Å². The first-order valence-corrected chi connectivity index (χ1v) is 3.64. The molecule has 0 aliphatic heterocycles. The van der Waals surface area contributed by atoms with Crippen molar-refractivity contribution in [2.45, 2.75) is 0 Å². The molecule has 0 saturated carbocycles. The van der Waals surface area contributed by atoms with E-state index in [2.05, 4.69) is 20.9 Å². The fraction of sp³-hybridized carbons (Fsp3) is 0. The van der Waals surface area contributed by atoms with Gasteiger partial charge in [-0.1, -0.05) is 0 Å². The quantitative estimate of drug-likeness (QED) is 0.540. The maximum Gasteiger partial charge on any atom is 0.287 e. The van der Waals surface area contributed by atoms with Crippen LogP contribution in [0.2, 0.25) is 0 Å². The monoisotopic (exact) mass is 227 g/mol. The van der Waals surface area contributed by atoms with E-state index in [1.807, 2.05) is 0 Å². The minimum atomic E-state index is -0.577. The smallest absolute Gasteiger partial charge is 0.258 e. The molecule has 0 spiro atoms. The van der Waals surface area contributed by atoms with Gasteiger partial charge in [0, 0.05) is 6.20 Å². The van der Waals surface area contributed by atoms with Crippen LogP contribution in [0.15, 0.2) is 16.7 Å². The van der Waals surface area contributed by atoms with Crippen LogP contribution in [0.3, 0.4) is 0 Å². The third-order valence-electron chi connectivity index (χ3n) is 1.15. The van der Waals surface area contributed by atoms with Crippen LogP contribution in [0.4, 0.5) is 5.69 Å². The molecule has 1 aromatic heterocycles. The maximum absolute atomic E-state index is 10.3. The minimum Gasteiger partial charge on any atom is -0.258 e. The Morgan fingerprint density at radius 2 is 2.42 bits per heavy atom. The SMILES string of the molecule is N#Cc1cc([N+](=O)[O-])c(Br)cn1. The first-order valence-electron chi connectivity index (χ1n) is 2.85. The topological polar surface area (TPSA) is 79.8 Å². The van der Waals surface area contributed by atoms with E-state index in [4.69, 9.17) is 5.26 Å². The Labute approximate surface area is 75.9 Å². The molecule has 6 heteroatoms. The van der Waals surface area contributed by atoms with Crippen LogP contribution in [0.1, 0.15) is 5.69 Å². The summed E-state index contributed by atoms with van der Waals surface area (Å²) in [5, 5.41) is 18.7. The highest BCUT2D eigenvalue weighted by molar-refractivity contribution is 9.10. The lowest BCUT2D eigenvalue weighted by molar-refractivity contribution is -0.385. The van der Waals surface area contributed by atoms with Gasteiger partial charge in [-0.25, -0.2) is 4.98 Å². The Hall–Kier alpha value is -1.48. The lowest BCUT2D eigenvalue weighted by Crippen LogP contribution is -1.92. The van der Waals surface area contributed by atoms with E-state index in [0.29, 0.717) is 0 Å². The summed E-state index contributed by atoms with van der Waals surface area (Å²) in [4.78, 5) is 13.4. The van der Waals surface area contributed by atoms with Crippen LogP contribution in [0.5, 0.6) is 0 Å². The third-order valence-corrected chi connectivity index (χ3v) is 1.76. The van der Waals surface area contributed by atoms with E-state index in [0.717, 1.165) is 6.07 Å². The molecule has 0 N–H and O–H groups in total. The van der Waals surface area contributed by atoms with Gasteiger partial charge in [-0.3, -0.25) is 10.1 Å². The largest absolute Gasteiger partial charge is 0.287 e. The molecule has 0 bridgehead atoms. The molecule has 0 saturated heterocycles. The van der Waals surface area contributed by atoms with Crippen molar-refractivity contribution in [3.63, 3.8) is 0 Å². The minimum absolute atomic E-state index is 0.0323. The summed E-state index contributed by atoms with van der Waals surface area (Å²) in [7, 11) is 0. The number of nitrogens with zero attached hydrogens (tertiary/aromatic N) is 3. The molecule has 60 valence electrons. The van der Waals surface area contributed by atoms with E-state index in [1.165, 1.54) is 6.20 Å². The molecule has 12 heavy (non-hydrogen) atoms. The van der Waals surface area contributed by atoms with E-state index < -0.39 is 4.92 Å². The van der Waals surface area contributed by atoms with Gasteiger partial charge in [0.05, 0.1) is 11.0 Å². The summed E-state index contributed by atoms with van der Waals surface area (Å²) in [6, 6.07) is 2.83. The maximum atomic E-state index is 10.3. The standard InChI is InChI=1S/C6H2BrN3O2/c7-5-3-9-4(2-8)1-6(5)10(11)12/h1,3H. The van der Waals surface area contributed by atoms with Crippen molar-refractivity contribution in [3.8, 4) is 6.07 Å². The lowest BCUT2D eigenvalue weighted by Gasteiger charge is -1.93. The zero-order valence-corrected chi connectivity index (χ0v) is 7.28. The van der Waals surface area contributed by atoms with Gasteiger partial charge in [0.25, 0.3) is 5.69 Å². The molecule has 0 unspecified atom stereocenters. The molecule has 1 aromatic rings. The van der Waals surface area contributed by atoms with Gasteiger partial charge in [0.1, 0.15) is 16.2 Å². The summed E-state index contributed by atoms with van der Waals surface area (Å²) < 4.78 is 0.270. The average molecular weight is 228 g/mol. The number of hydrogen-bond acceptors (Lipinski definition) is 4. The molecule has 1 heterocycles. The molecule has 5 nitrogen and oxygen atoms in total. The van der Waals surface area contributed by atoms with Gasteiger partial charge >= 0.3 is 0 Å². The van der Waals surface area contributed by atoms with Crippen LogP contribution < -0.4 is 0 Å². The second-order valence-electron chi connectivity index (χ2n) is 1.89. The molecule has 0 aliphatic carbocycles. The number of halogens is 1. The molecule has 0 radical (unpaired) electrons. The number of pyridine rings is 1. The summed E-state index contributed by atoms with van der Waals surface area (Å²) in [6.45, 7) is 0. The zero-order chi connectivity index (χ0) is 9.14. The molecule has 1 rings (SSSR count). The van der Waals surface area contributed by atoms with Crippen LogP contribution in [-0.4, -0.2) is 9.91 Å². The Balaban J connectivity index is 3.28. The molecule has 0 amide bonds. The molecular formula is C6H2BrN3O2. The summed E-state index contributed by atoms with van der Waals surface area (Å²) >= 11 is 2.95. The van der Waals surface area contributed by atoms with Gasteiger partial charge in [0.2, 0.25) is 0 Å². The number of rotatable bonds is 1. The third kappa shape index (κ3) is 1.57. The van der Waals surface area contributed by atoms with Crippen molar-refractivity contribution in [1.29, 1.82) is 5.26 Å². The van der Waals surface area contributed by atoms with Crippen molar-refractivity contribution in [1.82, 2.24) is 4.98 Å². The summed E-state index contributed by atoms with van der Waals surface area (Å²) in [5.74, 6) is 0. The number of aromatic nitrogens is 1. The average Bonchev–Trinajstić information content (AvgIpc) is 2.05. The Kier molecular flexibility index (Phi) is 2.35. The second kappa shape index (κ2) is 3.28. The number of nitro groups is 1. The first-order chi connectivity index (χ1) is 5.65. The second-order valence-corrected chi connectivity index (χ2v) is 2.74. The van der Waals surface area contributed by atoms with Crippen molar-refractivity contribution < 1.29 is 4.92 Å². The van der Waals surface area contributed by atoms with E-state index >= 15 is 0 Å². The van der Waals surface area contributed by atoms with E-state index in [9.17, 15) is 10.1 Å². The first kappa shape index (κ1) is 8.62. The highest BCUT2D eigenvalue weighted by Gasteiger charge is 2.12. The molecule has 0 aromatic carbocycles. The highest BCUT2D eigenvalue weighted by Crippen LogP contribution is 2.23. The predicted molar refractivity (Wildman–Crippen MR) is 43.3 cm³/mol. The number of nitriles is 1. The Bertz CT molecular complexity index is 372. The van der Waals surface area contributed by atoms with Crippen LogP contribution in [-0.2, 0) is 0 Å². The van der Waals surface area contributed by atoms with E-state index in [1.54, 1.807) is 6.07 Å². The van der Waals surface area contributed by atoms with Crippen molar-refractivity contribution in [2.24, 2.45) is 0 Å². The predicted octanol–water partition coefficient (Wildman–Crippen LogP) is 1.62. The van der Waals surface area contributed by atoms with Gasteiger partial charge < -0.3 is 0 Å². The van der Waals surface area contributed by atoms with Gasteiger partial charge in [-0.05, 0) is 15.9 Å². The van der Waals surface area contributed by atoms with Gasteiger partial charge in [-0.2, -0.15) is 5.26 Å². The highest BCUT2D eigenvalue weighted by atomic mass is 79.9. The van der Waals surface area contributed by atoms with Crippen LogP contribution in [0.25, 0.3) is 0 Å². The summed E-state index contributed by atoms with van der Waals surface area (Å²) in [6.07, 6.45) is 1.23. The molecule has 0 fully saturated rings. The van der Waals surface area contributed by atoms with Crippen molar-refractivity contribution in [2.75, 3.05) is 0 Å². The van der Waals surface area contributed by atoms with E-state index in [-0.39, 0.29) is 15.9 Å². The van der Waals surface area contributed by atoms with Crippen LogP contribution >= 0.6 is 15.9 Å². The zero-order valence-electron chi connectivity index (χ0n) is 5.69. The molecular weight excluding hydrogens is 226 g/mol. The lowest BCUT2D eigenvalue weighted by atomic mass is 10.3. The fourth-order valence-electron chi connectivity index (χ4n) is 0.629. The normalized spacial score (nSPS) is 9.00. The van der Waals surface area contributed by atoms with Crippen molar-refractivity contribution >= 4 is 21.6 Å². The fourth-order valence-corrected chi connectivity index (χ4v) is 0.991. The van der Waals surface area contributed by atoms with Gasteiger partial charge in [-0.15, -0.1) is 0 Å². The van der Waals surface area contributed by atoms with Crippen molar-refractivity contribution in [3.05, 3.63) is 32.5 Å². The molecule has 0 atom stereocenters. The Morgan fingerprint density at radius 1 is 1.75 bits per heavy atom. The summed E-state index contributed by atoms with van der Waals surface area (Å²) in [5.41, 5.74) is -0.119. The van der Waals surface area contributed by atoms with Gasteiger partial charge in [0.15, 0.2) is 0 Å².